The second-order valence-electron chi connectivity index (χ2n) is 14.5. The van der Waals surface area contributed by atoms with Crippen LogP contribution in [0.4, 0.5) is 49.7 Å². The SMILES string of the molecule is CSNc1nn(CC(F)(F)F)c2c(-c3ccc(C#CC(C)(C)SC)nc3C(Cc3cc(F)cc(F)c3)/N=C/Cn3nc(C(F)(F)F)c4c3C(F)(F)C3CC43)ccc(Cl)c12. The molecule has 5 aromatic rings. The Morgan fingerprint density at radius 2 is 1.69 bits per heavy atom. The summed E-state index contributed by atoms with van der Waals surface area (Å²) < 4.78 is 148. The molecule has 2 aliphatic rings. The van der Waals surface area contributed by atoms with Crippen LogP contribution in [0.2, 0.25) is 5.02 Å². The number of anilines is 1. The van der Waals surface area contributed by atoms with E-state index in [9.17, 15) is 35.1 Å². The van der Waals surface area contributed by atoms with E-state index in [0.717, 1.165) is 35.0 Å². The summed E-state index contributed by atoms with van der Waals surface area (Å²) in [5.74, 6) is -1.62. The third kappa shape index (κ3) is 8.63. The van der Waals surface area contributed by atoms with Crippen LogP contribution in [0, 0.1) is 29.4 Å². The van der Waals surface area contributed by atoms with Crippen LogP contribution >= 0.6 is 35.3 Å². The lowest BCUT2D eigenvalue weighted by Gasteiger charge is -2.19. The second kappa shape index (κ2) is 15.6. The average molecular weight is 888 g/mol. The maximum Gasteiger partial charge on any atom is 0.435 e. The third-order valence-electron chi connectivity index (χ3n) is 9.99. The molecule has 3 unspecified atom stereocenters. The summed E-state index contributed by atoms with van der Waals surface area (Å²) in [6.45, 7) is 1.54. The van der Waals surface area contributed by atoms with Gasteiger partial charge in [-0.05, 0) is 74.3 Å². The van der Waals surface area contributed by atoms with Crippen molar-refractivity contribution in [3.05, 3.63) is 93.0 Å². The Hall–Kier alpha value is -4.41. The van der Waals surface area contributed by atoms with Crippen LogP contribution < -0.4 is 4.72 Å². The van der Waals surface area contributed by atoms with E-state index >= 15 is 8.78 Å². The van der Waals surface area contributed by atoms with Gasteiger partial charge in [-0.3, -0.25) is 14.4 Å². The number of aliphatic imine (C=N–C) groups is 1. The highest BCUT2D eigenvalue weighted by molar-refractivity contribution is 8.00. The fourth-order valence-corrected chi connectivity index (χ4v) is 8.01. The first-order chi connectivity index (χ1) is 27.6. The molecule has 1 fully saturated rings. The largest absolute Gasteiger partial charge is 0.435 e. The molecule has 3 heterocycles. The summed E-state index contributed by atoms with van der Waals surface area (Å²) >= 11 is 9.10. The van der Waals surface area contributed by atoms with E-state index < -0.39 is 82.6 Å². The highest BCUT2D eigenvalue weighted by Gasteiger charge is 2.68. The fraction of sp³-hybridized carbons (Fsp3) is 0.385. The molecule has 0 bridgehead atoms. The van der Waals surface area contributed by atoms with E-state index in [-0.39, 0.29) is 62.7 Å². The van der Waals surface area contributed by atoms with E-state index in [2.05, 4.69) is 31.8 Å². The molecule has 312 valence electrons. The van der Waals surface area contributed by atoms with E-state index in [1.165, 1.54) is 36.0 Å². The quantitative estimate of drug-likeness (QED) is 0.0616. The molecule has 1 saturated carbocycles. The lowest BCUT2D eigenvalue weighted by molar-refractivity contribution is -0.142. The normalized spacial score (nSPS) is 17.9. The third-order valence-corrected chi connectivity index (χ3v) is 11.8. The first-order valence-electron chi connectivity index (χ1n) is 17.8. The van der Waals surface area contributed by atoms with Crippen LogP contribution in [0.5, 0.6) is 0 Å². The summed E-state index contributed by atoms with van der Waals surface area (Å²) in [7, 11) is 0. The number of halogens is 11. The number of hydrogen-bond donors (Lipinski definition) is 1. The van der Waals surface area contributed by atoms with Gasteiger partial charge in [-0.25, -0.2) is 13.8 Å². The number of aromatic nitrogens is 5. The Labute approximate surface area is 344 Å². The van der Waals surface area contributed by atoms with E-state index in [1.807, 2.05) is 20.1 Å². The van der Waals surface area contributed by atoms with Gasteiger partial charge in [0.15, 0.2) is 11.5 Å². The van der Waals surface area contributed by atoms with Crippen molar-refractivity contribution < 1.29 is 43.9 Å². The topological polar surface area (TPSA) is 72.9 Å². The minimum absolute atomic E-state index is 0.0238. The number of benzene rings is 2. The summed E-state index contributed by atoms with van der Waals surface area (Å²) in [5, 5.41) is 7.93. The number of rotatable bonds is 11. The zero-order valence-electron chi connectivity index (χ0n) is 31.3. The van der Waals surface area contributed by atoms with Crippen molar-refractivity contribution in [1.29, 1.82) is 0 Å². The summed E-state index contributed by atoms with van der Waals surface area (Å²) in [5.41, 5.74) is -2.29. The van der Waals surface area contributed by atoms with E-state index in [4.69, 9.17) is 16.6 Å². The smallest absolute Gasteiger partial charge is 0.313 e. The standard InChI is InChI=1S/C39H32ClF10N7S2/c1-36(2,58-3)10-9-22-5-6-23(24-7-8-27(40)30-32(24)57(18-37(43,44)45)54-35(30)55-59-4)31(52-22)28(15-19-13-20(41)16-21(42)14-19)51-11-12-56-34-29(33(53-56)39(48,49)50)25-17-26(25)38(34,46)47/h5-8,11,13-14,16,25-26,28H,12,15,17-18H2,1-4H3,(H,54,55)/b51-11+. The molecule has 3 atom stereocenters. The Bertz CT molecular complexity index is 2510. The first kappa shape index (κ1) is 42.7. The highest BCUT2D eigenvalue weighted by Crippen LogP contribution is 2.68. The number of fused-ring (bicyclic) bond motifs is 4. The van der Waals surface area contributed by atoms with Crippen LogP contribution in [0.3, 0.4) is 0 Å². The van der Waals surface area contributed by atoms with Gasteiger partial charge in [-0.2, -0.15) is 45.3 Å². The lowest BCUT2D eigenvalue weighted by atomic mass is 9.94. The van der Waals surface area contributed by atoms with Gasteiger partial charge < -0.3 is 4.72 Å². The Kier molecular flexibility index (Phi) is 11.3. The number of hydrogen-bond acceptors (Lipinski definition) is 7. The van der Waals surface area contributed by atoms with Crippen LogP contribution in [0.1, 0.15) is 66.1 Å². The molecular weight excluding hydrogens is 856 g/mol. The summed E-state index contributed by atoms with van der Waals surface area (Å²) in [6, 6.07) is 7.37. The molecule has 7 rings (SSSR count). The van der Waals surface area contributed by atoms with Gasteiger partial charge >= 0.3 is 12.4 Å². The van der Waals surface area contributed by atoms with Crippen LogP contribution in [0.15, 0.2) is 47.5 Å². The Morgan fingerprint density at radius 3 is 2.34 bits per heavy atom. The molecule has 0 aliphatic heterocycles. The van der Waals surface area contributed by atoms with Gasteiger partial charge in [0.2, 0.25) is 0 Å². The molecule has 7 nitrogen and oxygen atoms in total. The molecular formula is C39H32ClF10N7S2. The zero-order valence-corrected chi connectivity index (χ0v) is 33.7. The predicted octanol–water partition coefficient (Wildman–Crippen LogP) is 11.3. The molecule has 0 saturated heterocycles. The molecule has 0 amide bonds. The average Bonchev–Trinajstić information content (AvgIpc) is 3.65. The van der Waals surface area contributed by atoms with Crippen molar-refractivity contribution >= 4 is 58.2 Å². The maximum absolute atomic E-state index is 15.4. The Balaban J connectivity index is 1.43. The van der Waals surface area contributed by atoms with Crippen molar-refractivity contribution in [3.8, 4) is 23.0 Å². The van der Waals surface area contributed by atoms with Gasteiger partial charge in [-0.15, -0.1) is 11.8 Å². The monoisotopic (exact) mass is 887 g/mol. The fourth-order valence-electron chi connectivity index (χ4n) is 7.28. The first-order valence-corrected chi connectivity index (χ1v) is 20.6. The van der Waals surface area contributed by atoms with E-state index in [0.29, 0.717) is 10.7 Å². The minimum Gasteiger partial charge on any atom is -0.313 e. The van der Waals surface area contributed by atoms with Crippen LogP contribution in [-0.2, 0) is 31.6 Å². The van der Waals surface area contributed by atoms with Crippen molar-refractivity contribution in [2.75, 3.05) is 17.2 Å². The molecule has 0 radical (unpaired) electrons. The number of nitrogens with zero attached hydrogens (tertiary/aromatic N) is 6. The highest BCUT2D eigenvalue weighted by atomic mass is 35.5. The predicted molar refractivity (Wildman–Crippen MR) is 209 cm³/mol. The molecule has 59 heavy (non-hydrogen) atoms. The van der Waals surface area contributed by atoms with Crippen molar-refractivity contribution in [3.63, 3.8) is 0 Å². The molecule has 20 heteroatoms. The van der Waals surface area contributed by atoms with Crippen molar-refractivity contribution in [2.24, 2.45) is 10.9 Å². The van der Waals surface area contributed by atoms with Crippen LogP contribution in [0.25, 0.3) is 22.0 Å². The maximum atomic E-state index is 15.4. The lowest BCUT2D eigenvalue weighted by Crippen LogP contribution is -2.20. The van der Waals surface area contributed by atoms with Gasteiger partial charge in [0, 0.05) is 47.6 Å². The molecule has 2 aliphatic carbocycles. The van der Waals surface area contributed by atoms with Crippen molar-refractivity contribution in [1.82, 2.24) is 24.5 Å². The van der Waals surface area contributed by atoms with Gasteiger partial charge in [-0.1, -0.05) is 35.5 Å². The van der Waals surface area contributed by atoms with Gasteiger partial charge in [0.25, 0.3) is 5.92 Å². The molecule has 0 spiro atoms. The van der Waals surface area contributed by atoms with Gasteiger partial charge in [0.05, 0.1) is 39.0 Å². The zero-order chi connectivity index (χ0) is 42.8. The number of alkyl halides is 8. The van der Waals surface area contributed by atoms with E-state index in [1.54, 1.807) is 6.26 Å². The van der Waals surface area contributed by atoms with Crippen molar-refractivity contribution in [2.45, 2.75) is 74.8 Å². The number of pyridine rings is 1. The van der Waals surface area contributed by atoms with Gasteiger partial charge in [0.1, 0.15) is 29.6 Å². The summed E-state index contributed by atoms with van der Waals surface area (Å²) in [4.78, 5) is 9.35. The number of thioether (sulfide) groups is 1. The summed E-state index contributed by atoms with van der Waals surface area (Å²) in [6.07, 6.45) is -5.63. The minimum atomic E-state index is -5.01. The van der Waals surface area contributed by atoms with Crippen LogP contribution in [-0.4, -0.2) is 54.2 Å². The second-order valence-corrected chi connectivity index (χ2v) is 17.0. The molecule has 2 aromatic carbocycles. The molecule has 1 N–H and O–H groups in total. The molecule has 3 aromatic heterocycles. The Morgan fingerprint density at radius 1 is 1.00 bits per heavy atom. The number of nitrogens with one attached hydrogen (secondary N) is 1.